The van der Waals surface area contributed by atoms with E-state index in [1.54, 1.807) is 0 Å². The van der Waals surface area contributed by atoms with E-state index >= 15 is 0 Å². The molecule has 0 bridgehead atoms. The molecule has 0 aliphatic carbocycles. The predicted octanol–water partition coefficient (Wildman–Crippen LogP) is 2.03. The van der Waals surface area contributed by atoms with Gasteiger partial charge in [-0.05, 0) is 6.92 Å². The maximum Gasteiger partial charge on any atom is 0.180 e. The molecule has 0 amide bonds. The summed E-state index contributed by atoms with van der Waals surface area (Å²) in [6, 6.07) is 8.48. The molecule has 0 N–H and O–H groups in total. The Bertz CT molecular complexity index is 198. The van der Waals surface area contributed by atoms with Crippen LogP contribution in [0.5, 0.6) is 0 Å². The predicted molar refractivity (Wildman–Crippen MR) is 44.8 cm³/mol. The molecule has 53 valence electrons. The van der Waals surface area contributed by atoms with Gasteiger partial charge in [-0.25, -0.2) is 0 Å². The Morgan fingerprint density at radius 1 is 1.00 bits per heavy atom. The van der Waals surface area contributed by atoms with Gasteiger partial charge < -0.3 is 0 Å². The lowest BCUT2D eigenvalue weighted by molar-refractivity contribution is 0.762. The number of aryl methyl sites for hydroxylation is 1. The number of anilines is 1. The lowest BCUT2D eigenvalue weighted by Gasteiger charge is -1.98. The summed E-state index contributed by atoms with van der Waals surface area (Å²) in [5.74, 6) is 0. The third kappa shape index (κ3) is 1.58. The van der Waals surface area contributed by atoms with E-state index in [1.165, 1.54) is 11.3 Å². The molecular weight excluding hydrogens is 122 g/mol. The number of rotatable bonds is 1. The van der Waals surface area contributed by atoms with Gasteiger partial charge in [-0.3, -0.25) is 0 Å². The molecule has 0 aliphatic rings. The van der Waals surface area contributed by atoms with Crippen molar-refractivity contribution in [2.24, 2.45) is 0 Å². The largest absolute Gasteiger partial charge is 0.180 e. The number of nitrogens with zero attached hydrogens (tertiary/aromatic N) is 1. The molecule has 1 aromatic rings. The minimum atomic E-state index is 1.26. The maximum absolute atomic E-state index is 2.12. The third-order valence-corrected chi connectivity index (χ3v) is 1.55. The molecule has 1 nitrogen and oxygen atoms in total. The fourth-order valence-electron chi connectivity index (χ4n) is 0.843. The monoisotopic (exact) mass is 135 g/mol. The highest BCUT2D eigenvalue weighted by Gasteiger charge is 2.02. The van der Waals surface area contributed by atoms with Gasteiger partial charge in [0.2, 0.25) is 0 Å². The summed E-state index contributed by atoms with van der Waals surface area (Å²) in [6.45, 7) is 2.10. The molecular formula is C9H13N+. The zero-order valence-corrected chi connectivity index (χ0v) is 6.76. The van der Waals surface area contributed by atoms with Crippen LogP contribution in [0.15, 0.2) is 24.3 Å². The Labute approximate surface area is 62.3 Å². The standard InChI is InChI=1S/C9H13N/c1-8-4-6-9(7-5-8)10(2)3/h4-7H,1-3H3/q+1. The fraction of sp³-hybridized carbons (Fsp3) is 0.333. The zero-order valence-electron chi connectivity index (χ0n) is 6.76. The molecule has 0 heterocycles. The number of hydrogen-bond donors (Lipinski definition) is 0. The van der Waals surface area contributed by atoms with Crippen molar-refractivity contribution in [3.8, 4) is 0 Å². The molecule has 1 radical (unpaired) electrons. The summed E-state index contributed by atoms with van der Waals surface area (Å²) in [4.78, 5) is 2.10. The second-order valence-corrected chi connectivity index (χ2v) is 2.73. The molecule has 0 saturated carbocycles. The highest BCUT2D eigenvalue weighted by Crippen LogP contribution is 2.10. The van der Waals surface area contributed by atoms with E-state index in [1.807, 2.05) is 14.1 Å². The Balaban J connectivity index is 2.89. The van der Waals surface area contributed by atoms with Gasteiger partial charge in [-0.1, -0.05) is 17.7 Å². The van der Waals surface area contributed by atoms with Crippen LogP contribution in [0.2, 0.25) is 0 Å². The topological polar surface area (TPSA) is 5.90 Å². The zero-order chi connectivity index (χ0) is 7.56. The van der Waals surface area contributed by atoms with E-state index in [-0.39, 0.29) is 0 Å². The fourth-order valence-corrected chi connectivity index (χ4v) is 0.843. The van der Waals surface area contributed by atoms with Crippen LogP contribution >= 0.6 is 0 Å². The Morgan fingerprint density at radius 2 is 1.50 bits per heavy atom. The van der Waals surface area contributed by atoms with Gasteiger partial charge in [0, 0.05) is 12.1 Å². The van der Waals surface area contributed by atoms with Gasteiger partial charge >= 0.3 is 0 Å². The molecule has 0 unspecified atom stereocenters. The Hall–Kier alpha value is -0.820. The van der Waals surface area contributed by atoms with E-state index in [0.29, 0.717) is 0 Å². The van der Waals surface area contributed by atoms with E-state index in [0.717, 1.165) is 0 Å². The molecule has 10 heavy (non-hydrogen) atoms. The van der Waals surface area contributed by atoms with Crippen molar-refractivity contribution in [1.82, 2.24) is 4.90 Å². The second kappa shape index (κ2) is 2.84. The van der Waals surface area contributed by atoms with Gasteiger partial charge in [0.05, 0.1) is 0 Å². The highest BCUT2D eigenvalue weighted by atomic mass is 15.1. The van der Waals surface area contributed by atoms with E-state index < -0.39 is 0 Å². The molecule has 1 heteroatoms. The molecule has 0 spiro atoms. The first kappa shape index (κ1) is 7.29. The second-order valence-electron chi connectivity index (χ2n) is 2.73. The van der Waals surface area contributed by atoms with Crippen molar-refractivity contribution in [3.63, 3.8) is 0 Å². The molecule has 0 fully saturated rings. The van der Waals surface area contributed by atoms with Crippen LogP contribution in [0.25, 0.3) is 0 Å². The molecule has 0 aliphatic heterocycles. The average molecular weight is 135 g/mol. The van der Waals surface area contributed by atoms with Crippen molar-refractivity contribution in [1.29, 1.82) is 0 Å². The summed E-state index contributed by atoms with van der Waals surface area (Å²) in [5, 5.41) is 0. The summed E-state index contributed by atoms with van der Waals surface area (Å²) < 4.78 is 0. The van der Waals surface area contributed by atoms with Crippen molar-refractivity contribution < 1.29 is 0 Å². The van der Waals surface area contributed by atoms with E-state index in [2.05, 4.69) is 36.1 Å². The first-order chi connectivity index (χ1) is 4.70. The summed E-state index contributed by atoms with van der Waals surface area (Å²) in [7, 11) is 4.09. The normalized spacial score (nSPS) is 10.4. The van der Waals surface area contributed by atoms with Gasteiger partial charge in [-0.2, -0.15) is 0 Å². The van der Waals surface area contributed by atoms with Crippen LogP contribution in [0, 0.1) is 6.92 Å². The Kier molecular flexibility index (Phi) is 2.07. The van der Waals surface area contributed by atoms with Crippen molar-refractivity contribution in [2.45, 2.75) is 6.92 Å². The SMILES string of the molecule is Cc1ccc([N+](C)C)cc1. The maximum atomic E-state index is 2.12. The first-order valence-corrected chi connectivity index (χ1v) is 3.44. The average Bonchev–Trinajstić information content (AvgIpc) is 1.88. The van der Waals surface area contributed by atoms with Crippen LogP contribution in [0.1, 0.15) is 5.56 Å². The van der Waals surface area contributed by atoms with Crippen LogP contribution in [-0.2, 0) is 0 Å². The molecule has 1 rings (SSSR count). The minimum absolute atomic E-state index is 1.26. The van der Waals surface area contributed by atoms with Crippen molar-refractivity contribution in [2.75, 3.05) is 14.1 Å². The molecule has 0 saturated heterocycles. The lowest BCUT2D eigenvalue weighted by atomic mass is 10.2. The third-order valence-electron chi connectivity index (χ3n) is 1.55. The summed E-state index contributed by atoms with van der Waals surface area (Å²) >= 11 is 0. The van der Waals surface area contributed by atoms with Crippen LogP contribution in [0.4, 0.5) is 5.69 Å². The van der Waals surface area contributed by atoms with Crippen molar-refractivity contribution in [3.05, 3.63) is 29.8 Å². The van der Waals surface area contributed by atoms with Crippen LogP contribution in [0.3, 0.4) is 0 Å². The number of benzene rings is 1. The van der Waals surface area contributed by atoms with Crippen LogP contribution in [-0.4, -0.2) is 14.1 Å². The Morgan fingerprint density at radius 3 is 1.90 bits per heavy atom. The number of hydrogen-bond acceptors (Lipinski definition) is 1. The van der Waals surface area contributed by atoms with Crippen LogP contribution < -0.4 is 4.90 Å². The van der Waals surface area contributed by atoms with Gasteiger partial charge in [0.1, 0.15) is 14.1 Å². The minimum Gasteiger partial charge on any atom is -0.140 e. The summed E-state index contributed by atoms with van der Waals surface area (Å²) in [6.07, 6.45) is 0. The smallest absolute Gasteiger partial charge is 0.140 e. The molecule has 1 aromatic carbocycles. The quantitative estimate of drug-likeness (QED) is 0.520. The van der Waals surface area contributed by atoms with E-state index in [4.69, 9.17) is 0 Å². The summed E-state index contributed by atoms with van der Waals surface area (Å²) in [5.41, 5.74) is 2.57. The van der Waals surface area contributed by atoms with Crippen molar-refractivity contribution >= 4 is 5.69 Å². The van der Waals surface area contributed by atoms with Gasteiger partial charge in [-0.15, -0.1) is 4.90 Å². The van der Waals surface area contributed by atoms with Gasteiger partial charge in [0.15, 0.2) is 5.69 Å². The molecule has 0 aromatic heterocycles. The lowest BCUT2D eigenvalue weighted by Crippen LogP contribution is -2.09. The first-order valence-electron chi connectivity index (χ1n) is 3.44. The van der Waals surface area contributed by atoms with E-state index in [9.17, 15) is 0 Å². The highest BCUT2D eigenvalue weighted by molar-refractivity contribution is 5.39. The molecule has 0 atom stereocenters. The van der Waals surface area contributed by atoms with Gasteiger partial charge in [0.25, 0.3) is 0 Å².